The summed E-state index contributed by atoms with van der Waals surface area (Å²) in [5.74, 6) is 0.153. The topological polar surface area (TPSA) is 58.2 Å². The average Bonchev–Trinajstić information content (AvgIpc) is 2.56. The molecule has 0 aromatic heterocycles. The average molecular weight is 332 g/mol. The first-order valence-electron chi connectivity index (χ1n) is 7.03. The van der Waals surface area contributed by atoms with Gasteiger partial charge in [0.2, 0.25) is 5.91 Å². The number of thioether (sulfide) groups is 1. The Balaban J connectivity index is 1.88. The van der Waals surface area contributed by atoms with Crippen LogP contribution >= 0.6 is 11.8 Å². The number of nitrogens with one attached hydrogen (secondary N) is 2. The van der Waals surface area contributed by atoms with Crippen molar-refractivity contribution in [3.05, 3.63) is 65.5 Å². The summed E-state index contributed by atoms with van der Waals surface area (Å²) in [5, 5.41) is 5.28. The molecule has 0 aliphatic rings. The first-order chi connectivity index (χ1) is 11.1. The number of carbonyl (C=O) groups is 2. The van der Waals surface area contributed by atoms with Gasteiger partial charge in [-0.15, -0.1) is 11.8 Å². The predicted molar refractivity (Wildman–Crippen MR) is 91.0 cm³/mol. The van der Waals surface area contributed by atoms with Crippen molar-refractivity contribution in [1.29, 1.82) is 0 Å². The number of para-hydroxylation sites is 1. The van der Waals surface area contributed by atoms with Crippen LogP contribution in [0.25, 0.3) is 0 Å². The van der Waals surface area contributed by atoms with E-state index in [0.29, 0.717) is 17.0 Å². The normalized spacial score (nSPS) is 10.2. The molecule has 0 bridgehead atoms. The number of carbonyl (C=O) groups excluding carboxylic acids is 2. The summed E-state index contributed by atoms with van der Waals surface area (Å²) in [5.41, 5.74) is 1.86. The van der Waals surface area contributed by atoms with Crippen LogP contribution in [-0.2, 0) is 10.5 Å². The molecule has 0 aliphatic carbocycles. The van der Waals surface area contributed by atoms with Gasteiger partial charge in [-0.05, 0) is 29.8 Å². The molecule has 0 unspecified atom stereocenters. The second kappa shape index (κ2) is 8.33. The first kappa shape index (κ1) is 17.0. The minimum absolute atomic E-state index is 0.187. The van der Waals surface area contributed by atoms with Crippen LogP contribution in [0.4, 0.5) is 10.1 Å². The summed E-state index contributed by atoms with van der Waals surface area (Å²) < 4.78 is 12.8. The van der Waals surface area contributed by atoms with Gasteiger partial charge < -0.3 is 10.6 Å². The Bertz CT molecular complexity index is 689. The van der Waals surface area contributed by atoms with Crippen molar-refractivity contribution in [1.82, 2.24) is 5.32 Å². The quantitative estimate of drug-likeness (QED) is 0.855. The van der Waals surface area contributed by atoms with E-state index in [1.54, 1.807) is 43.4 Å². The Morgan fingerprint density at radius 3 is 2.48 bits per heavy atom. The van der Waals surface area contributed by atoms with Gasteiger partial charge in [-0.1, -0.05) is 24.3 Å². The summed E-state index contributed by atoms with van der Waals surface area (Å²) >= 11 is 1.42. The van der Waals surface area contributed by atoms with Crippen LogP contribution in [0.3, 0.4) is 0 Å². The van der Waals surface area contributed by atoms with E-state index < -0.39 is 0 Å². The van der Waals surface area contributed by atoms with Crippen molar-refractivity contribution < 1.29 is 14.0 Å². The van der Waals surface area contributed by atoms with Crippen LogP contribution in [0.5, 0.6) is 0 Å². The molecule has 2 amide bonds. The van der Waals surface area contributed by atoms with E-state index in [4.69, 9.17) is 0 Å². The van der Waals surface area contributed by atoms with Gasteiger partial charge in [-0.2, -0.15) is 0 Å². The summed E-state index contributed by atoms with van der Waals surface area (Å²) in [4.78, 5) is 23.7. The molecular weight excluding hydrogens is 315 g/mol. The van der Waals surface area contributed by atoms with Crippen LogP contribution in [0, 0.1) is 5.82 Å². The predicted octanol–water partition coefficient (Wildman–Crippen LogP) is 3.06. The largest absolute Gasteiger partial charge is 0.355 e. The SMILES string of the molecule is CNC(=O)c1ccccc1NC(=O)CSCc1ccc(F)cc1. The minimum Gasteiger partial charge on any atom is -0.355 e. The Labute approximate surface area is 138 Å². The maximum Gasteiger partial charge on any atom is 0.253 e. The van der Waals surface area contributed by atoms with Crippen LogP contribution in [-0.4, -0.2) is 24.6 Å². The molecule has 0 saturated heterocycles. The van der Waals surface area contributed by atoms with E-state index in [1.165, 1.54) is 23.9 Å². The van der Waals surface area contributed by atoms with E-state index in [0.717, 1.165) is 5.56 Å². The second-order valence-corrected chi connectivity index (χ2v) is 5.78. The number of halogens is 1. The summed E-state index contributed by atoms with van der Waals surface area (Å²) in [6.07, 6.45) is 0. The molecule has 2 N–H and O–H groups in total. The Morgan fingerprint density at radius 2 is 1.78 bits per heavy atom. The van der Waals surface area contributed by atoms with E-state index in [9.17, 15) is 14.0 Å². The monoisotopic (exact) mass is 332 g/mol. The van der Waals surface area contributed by atoms with Crippen molar-refractivity contribution in [3.8, 4) is 0 Å². The molecule has 2 aromatic carbocycles. The third-order valence-corrected chi connectivity index (χ3v) is 4.09. The molecule has 2 aromatic rings. The van der Waals surface area contributed by atoms with E-state index in [1.807, 2.05) is 0 Å². The van der Waals surface area contributed by atoms with Crippen molar-refractivity contribution in [2.75, 3.05) is 18.1 Å². The fourth-order valence-corrected chi connectivity index (χ4v) is 2.74. The Hall–Kier alpha value is -2.34. The standard InChI is InChI=1S/C17H17FN2O2S/c1-19-17(22)14-4-2-3-5-15(14)20-16(21)11-23-10-12-6-8-13(18)9-7-12/h2-9H,10-11H2,1H3,(H,19,22)(H,20,21). The Kier molecular flexibility index (Phi) is 6.17. The highest BCUT2D eigenvalue weighted by molar-refractivity contribution is 7.99. The molecule has 2 rings (SSSR count). The van der Waals surface area contributed by atoms with Crippen LogP contribution < -0.4 is 10.6 Å². The summed E-state index contributed by atoms with van der Waals surface area (Å²) in [6, 6.07) is 13.0. The maximum atomic E-state index is 12.8. The van der Waals surface area contributed by atoms with Crippen LogP contribution in [0.1, 0.15) is 15.9 Å². The number of rotatable bonds is 6. The van der Waals surface area contributed by atoms with Gasteiger partial charge in [-0.25, -0.2) is 4.39 Å². The van der Waals surface area contributed by atoms with E-state index >= 15 is 0 Å². The van der Waals surface area contributed by atoms with Gasteiger partial charge in [-0.3, -0.25) is 9.59 Å². The Morgan fingerprint density at radius 1 is 1.09 bits per heavy atom. The number of benzene rings is 2. The van der Waals surface area contributed by atoms with Crippen molar-refractivity contribution in [2.45, 2.75) is 5.75 Å². The molecule has 0 heterocycles. The maximum absolute atomic E-state index is 12.8. The fraction of sp³-hybridized carbons (Fsp3) is 0.176. The third kappa shape index (κ3) is 5.10. The van der Waals surface area contributed by atoms with Gasteiger partial charge in [0.15, 0.2) is 0 Å². The summed E-state index contributed by atoms with van der Waals surface area (Å²) in [7, 11) is 1.54. The minimum atomic E-state index is -0.276. The lowest BCUT2D eigenvalue weighted by atomic mass is 10.1. The zero-order valence-electron chi connectivity index (χ0n) is 12.6. The molecule has 0 atom stereocenters. The highest BCUT2D eigenvalue weighted by atomic mass is 32.2. The summed E-state index contributed by atoms with van der Waals surface area (Å²) in [6.45, 7) is 0. The highest BCUT2D eigenvalue weighted by Crippen LogP contribution is 2.17. The van der Waals surface area contributed by atoms with Crippen molar-refractivity contribution >= 4 is 29.3 Å². The van der Waals surface area contributed by atoms with Crippen molar-refractivity contribution in [3.63, 3.8) is 0 Å². The third-order valence-electron chi connectivity index (χ3n) is 3.09. The number of hydrogen-bond donors (Lipinski definition) is 2. The number of amides is 2. The second-order valence-electron chi connectivity index (χ2n) is 4.79. The lowest BCUT2D eigenvalue weighted by Crippen LogP contribution is -2.22. The molecule has 23 heavy (non-hydrogen) atoms. The van der Waals surface area contributed by atoms with Gasteiger partial charge in [0, 0.05) is 12.8 Å². The van der Waals surface area contributed by atoms with E-state index in [2.05, 4.69) is 10.6 Å². The number of hydrogen-bond acceptors (Lipinski definition) is 3. The van der Waals surface area contributed by atoms with Gasteiger partial charge in [0.05, 0.1) is 17.0 Å². The van der Waals surface area contributed by atoms with Crippen LogP contribution in [0.15, 0.2) is 48.5 Å². The zero-order chi connectivity index (χ0) is 16.7. The molecule has 0 saturated carbocycles. The molecular formula is C17H17FN2O2S. The molecule has 0 fully saturated rings. The highest BCUT2D eigenvalue weighted by Gasteiger charge is 2.11. The molecule has 0 aliphatic heterocycles. The molecule has 0 spiro atoms. The fourth-order valence-electron chi connectivity index (χ4n) is 1.95. The van der Waals surface area contributed by atoms with E-state index in [-0.39, 0.29) is 23.4 Å². The van der Waals surface area contributed by atoms with Gasteiger partial charge in [0.25, 0.3) is 5.91 Å². The lowest BCUT2D eigenvalue weighted by molar-refractivity contribution is -0.113. The van der Waals surface area contributed by atoms with Crippen molar-refractivity contribution in [2.24, 2.45) is 0 Å². The first-order valence-corrected chi connectivity index (χ1v) is 8.19. The molecule has 4 nitrogen and oxygen atoms in total. The molecule has 6 heteroatoms. The van der Waals surface area contributed by atoms with Crippen LogP contribution in [0.2, 0.25) is 0 Å². The van der Waals surface area contributed by atoms with Gasteiger partial charge >= 0.3 is 0 Å². The lowest BCUT2D eigenvalue weighted by Gasteiger charge is -2.10. The molecule has 0 radical (unpaired) electrons. The van der Waals surface area contributed by atoms with Gasteiger partial charge in [0.1, 0.15) is 5.82 Å². The molecule has 120 valence electrons. The smallest absolute Gasteiger partial charge is 0.253 e. The zero-order valence-corrected chi connectivity index (χ0v) is 13.5. The number of anilines is 1.